The molecule has 4 nitrogen and oxygen atoms in total. The van der Waals surface area contributed by atoms with E-state index in [0.717, 1.165) is 37.4 Å². The fraction of sp³-hybridized carbons (Fsp3) is 0.263. The number of anilines is 1. The predicted octanol–water partition coefficient (Wildman–Crippen LogP) is 4.21. The number of hydrogen-bond donors (Lipinski definition) is 0. The molecule has 1 aliphatic heterocycles. The molecule has 0 bridgehead atoms. The highest BCUT2D eigenvalue weighted by Crippen LogP contribution is 2.36. The molecule has 2 aromatic rings. The molecular formula is C19H17N3O. The maximum Gasteiger partial charge on any atom is 0.152 e. The maximum atomic E-state index is 9.29. The first-order chi connectivity index (χ1) is 11.3. The Hall–Kier alpha value is -2.98. The van der Waals surface area contributed by atoms with Crippen LogP contribution in [0.5, 0.6) is 11.5 Å². The van der Waals surface area contributed by atoms with Gasteiger partial charge in [-0.1, -0.05) is 18.2 Å². The fourth-order valence-electron chi connectivity index (χ4n) is 2.83. The van der Waals surface area contributed by atoms with Crippen LogP contribution in [0.3, 0.4) is 0 Å². The molecular weight excluding hydrogens is 286 g/mol. The molecule has 2 aromatic carbocycles. The molecule has 0 aliphatic carbocycles. The fourth-order valence-corrected chi connectivity index (χ4v) is 2.83. The van der Waals surface area contributed by atoms with Crippen LogP contribution in [0.25, 0.3) is 0 Å². The zero-order valence-electron chi connectivity index (χ0n) is 12.8. The van der Waals surface area contributed by atoms with Gasteiger partial charge < -0.3 is 9.64 Å². The van der Waals surface area contributed by atoms with E-state index in [2.05, 4.69) is 17.0 Å². The zero-order chi connectivity index (χ0) is 16.1. The van der Waals surface area contributed by atoms with Gasteiger partial charge in [-0.2, -0.15) is 10.5 Å². The quantitative estimate of drug-likeness (QED) is 0.852. The van der Waals surface area contributed by atoms with Gasteiger partial charge in [-0.05, 0) is 37.5 Å². The molecule has 0 unspecified atom stereocenters. The number of benzene rings is 2. The first-order valence-electron chi connectivity index (χ1n) is 7.78. The minimum Gasteiger partial charge on any atom is -0.455 e. The van der Waals surface area contributed by atoms with Gasteiger partial charge in [0.05, 0.1) is 16.8 Å². The molecule has 23 heavy (non-hydrogen) atoms. The van der Waals surface area contributed by atoms with E-state index in [1.807, 2.05) is 30.3 Å². The van der Waals surface area contributed by atoms with Gasteiger partial charge >= 0.3 is 0 Å². The number of nitriles is 2. The Labute approximate surface area is 136 Å². The Morgan fingerprint density at radius 2 is 1.52 bits per heavy atom. The van der Waals surface area contributed by atoms with Crippen molar-refractivity contribution in [1.82, 2.24) is 0 Å². The van der Waals surface area contributed by atoms with Gasteiger partial charge in [0.1, 0.15) is 17.9 Å². The minimum atomic E-state index is 0.346. The molecule has 0 aromatic heterocycles. The lowest BCUT2D eigenvalue weighted by Gasteiger charge is -2.30. The molecule has 0 N–H and O–H groups in total. The summed E-state index contributed by atoms with van der Waals surface area (Å²) in [6.45, 7) is 1.89. The second-order valence-corrected chi connectivity index (χ2v) is 5.55. The predicted molar refractivity (Wildman–Crippen MR) is 88.5 cm³/mol. The summed E-state index contributed by atoms with van der Waals surface area (Å²) in [4.78, 5) is 2.24. The number of hydrogen-bond acceptors (Lipinski definition) is 4. The van der Waals surface area contributed by atoms with E-state index in [9.17, 15) is 10.5 Å². The lowest BCUT2D eigenvalue weighted by atomic mass is 10.0. The lowest BCUT2D eigenvalue weighted by Crippen LogP contribution is -2.29. The van der Waals surface area contributed by atoms with Crippen molar-refractivity contribution in [3.8, 4) is 23.6 Å². The van der Waals surface area contributed by atoms with Crippen molar-refractivity contribution in [3.63, 3.8) is 0 Å². The summed E-state index contributed by atoms with van der Waals surface area (Å²) in [5, 5.41) is 18.6. The van der Waals surface area contributed by atoms with Crippen molar-refractivity contribution in [1.29, 1.82) is 10.5 Å². The normalized spacial score (nSPS) is 13.9. The summed E-state index contributed by atoms with van der Waals surface area (Å²) < 4.78 is 6.00. The molecule has 1 aliphatic rings. The van der Waals surface area contributed by atoms with E-state index in [1.165, 1.54) is 6.42 Å². The second kappa shape index (κ2) is 6.85. The van der Waals surface area contributed by atoms with Gasteiger partial charge in [0.25, 0.3) is 0 Å². The highest BCUT2D eigenvalue weighted by Gasteiger charge is 2.19. The zero-order valence-corrected chi connectivity index (χ0v) is 12.8. The number of para-hydroxylation sites is 1. The smallest absolute Gasteiger partial charge is 0.152 e. The Bertz CT molecular complexity index is 766. The minimum absolute atomic E-state index is 0.346. The molecule has 3 rings (SSSR count). The van der Waals surface area contributed by atoms with E-state index in [4.69, 9.17) is 4.74 Å². The summed E-state index contributed by atoms with van der Waals surface area (Å²) in [7, 11) is 0. The molecule has 1 heterocycles. The molecule has 0 spiro atoms. The summed E-state index contributed by atoms with van der Waals surface area (Å²) >= 11 is 0. The second-order valence-electron chi connectivity index (χ2n) is 5.55. The summed E-state index contributed by atoms with van der Waals surface area (Å²) in [5.41, 5.74) is 1.64. The van der Waals surface area contributed by atoms with Gasteiger partial charge in [-0.25, -0.2) is 0 Å². The van der Waals surface area contributed by atoms with Crippen molar-refractivity contribution in [2.45, 2.75) is 19.3 Å². The van der Waals surface area contributed by atoms with E-state index in [-0.39, 0.29) is 0 Å². The third-order valence-corrected chi connectivity index (χ3v) is 4.01. The maximum absolute atomic E-state index is 9.29. The first kappa shape index (κ1) is 14.9. The molecule has 0 atom stereocenters. The van der Waals surface area contributed by atoms with E-state index in [1.54, 1.807) is 12.1 Å². The van der Waals surface area contributed by atoms with Crippen LogP contribution in [0.2, 0.25) is 0 Å². The van der Waals surface area contributed by atoms with Crippen molar-refractivity contribution in [2.75, 3.05) is 18.0 Å². The van der Waals surface area contributed by atoms with Crippen LogP contribution in [-0.2, 0) is 0 Å². The third-order valence-electron chi connectivity index (χ3n) is 4.01. The standard InChI is InChI=1S/C19H17N3O/c20-13-15-11-18(22-9-5-2-6-10-22)19(12-16(15)14-21)23-17-7-3-1-4-8-17/h1,3-4,7-8,11-12H,2,5-6,9-10H2. The van der Waals surface area contributed by atoms with Crippen LogP contribution in [0.15, 0.2) is 42.5 Å². The van der Waals surface area contributed by atoms with Crippen molar-refractivity contribution < 1.29 is 4.74 Å². The largest absolute Gasteiger partial charge is 0.455 e. The summed E-state index contributed by atoms with van der Waals surface area (Å²) in [5.74, 6) is 1.35. The SMILES string of the molecule is N#Cc1cc(Oc2ccccc2)c(N2CCCCC2)cc1C#N. The Balaban J connectivity index is 2.04. The highest BCUT2D eigenvalue weighted by atomic mass is 16.5. The third kappa shape index (κ3) is 3.27. The van der Waals surface area contributed by atoms with Crippen LogP contribution >= 0.6 is 0 Å². The van der Waals surface area contributed by atoms with E-state index < -0.39 is 0 Å². The van der Waals surface area contributed by atoms with Crippen LogP contribution < -0.4 is 9.64 Å². The van der Waals surface area contributed by atoms with Crippen molar-refractivity contribution >= 4 is 5.69 Å². The highest BCUT2D eigenvalue weighted by molar-refractivity contribution is 5.67. The molecule has 1 saturated heterocycles. The summed E-state index contributed by atoms with van der Waals surface area (Å²) in [6.07, 6.45) is 3.49. The van der Waals surface area contributed by atoms with Gasteiger partial charge in [0, 0.05) is 19.2 Å². The Kier molecular flexibility index (Phi) is 4.45. The monoisotopic (exact) mass is 303 g/mol. The van der Waals surface area contributed by atoms with Gasteiger partial charge in [-0.15, -0.1) is 0 Å². The lowest BCUT2D eigenvalue weighted by molar-refractivity contribution is 0.476. The topological polar surface area (TPSA) is 60.0 Å². The van der Waals surface area contributed by atoms with Gasteiger partial charge in [0.2, 0.25) is 0 Å². The van der Waals surface area contributed by atoms with Crippen LogP contribution in [-0.4, -0.2) is 13.1 Å². The molecule has 1 fully saturated rings. The average molecular weight is 303 g/mol. The number of piperidine rings is 1. The van der Waals surface area contributed by atoms with Gasteiger partial charge in [0.15, 0.2) is 5.75 Å². The van der Waals surface area contributed by atoms with E-state index >= 15 is 0 Å². The van der Waals surface area contributed by atoms with Crippen molar-refractivity contribution in [2.24, 2.45) is 0 Å². The molecule has 114 valence electrons. The van der Waals surface area contributed by atoms with Crippen LogP contribution in [0, 0.1) is 22.7 Å². The summed E-state index contributed by atoms with van der Waals surface area (Å²) in [6, 6.07) is 17.2. The number of ether oxygens (including phenoxy) is 1. The molecule has 0 saturated carbocycles. The Morgan fingerprint density at radius 1 is 0.870 bits per heavy atom. The number of nitrogens with zero attached hydrogens (tertiary/aromatic N) is 3. The molecule has 0 amide bonds. The number of rotatable bonds is 3. The van der Waals surface area contributed by atoms with Gasteiger partial charge in [-0.3, -0.25) is 0 Å². The van der Waals surface area contributed by atoms with Crippen LogP contribution in [0.1, 0.15) is 30.4 Å². The average Bonchev–Trinajstić information content (AvgIpc) is 2.63. The van der Waals surface area contributed by atoms with E-state index in [0.29, 0.717) is 16.9 Å². The molecule has 4 heteroatoms. The molecule has 0 radical (unpaired) electrons. The Morgan fingerprint density at radius 3 is 2.17 bits per heavy atom. The van der Waals surface area contributed by atoms with Crippen LogP contribution in [0.4, 0.5) is 5.69 Å². The first-order valence-corrected chi connectivity index (χ1v) is 7.78. The van der Waals surface area contributed by atoms with Crippen molar-refractivity contribution in [3.05, 3.63) is 53.6 Å².